The first-order valence-electron chi connectivity index (χ1n) is 7.31. The lowest BCUT2D eigenvalue weighted by Gasteiger charge is -2.32. The second kappa shape index (κ2) is 5.77. The van der Waals surface area contributed by atoms with Gasteiger partial charge in [-0.3, -0.25) is 0 Å². The molecule has 1 aliphatic rings. The molecule has 0 saturated carbocycles. The van der Waals surface area contributed by atoms with Crippen molar-refractivity contribution in [1.29, 1.82) is 0 Å². The minimum absolute atomic E-state index is 0.501. The SMILES string of the molecule is Cc1c(Cl)nc2ncnn2c1N(C)CC1CCN(C)CC1. The smallest absolute Gasteiger partial charge is 0.255 e. The van der Waals surface area contributed by atoms with Crippen molar-refractivity contribution in [3.05, 3.63) is 17.0 Å². The zero-order chi connectivity index (χ0) is 15.0. The van der Waals surface area contributed by atoms with E-state index in [2.05, 4.69) is 39.0 Å². The number of hydrogen-bond acceptors (Lipinski definition) is 5. The van der Waals surface area contributed by atoms with Gasteiger partial charge in [-0.15, -0.1) is 0 Å². The normalized spacial score (nSPS) is 17.5. The van der Waals surface area contributed by atoms with Crippen LogP contribution in [0.25, 0.3) is 5.78 Å². The third-order valence-electron chi connectivity index (χ3n) is 4.31. The molecule has 0 aliphatic carbocycles. The first kappa shape index (κ1) is 14.5. The number of nitrogens with zero attached hydrogens (tertiary/aromatic N) is 6. The maximum atomic E-state index is 6.23. The van der Waals surface area contributed by atoms with E-state index in [-0.39, 0.29) is 0 Å². The Bertz CT molecular complexity index is 632. The van der Waals surface area contributed by atoms with E-state index >= 15 is 0 Å². The topological polar surface area (TPSA) is 49.6 Å². The molecular formula is C14H21ClN6. The Morgan fingerprint density at radius 3 is 2.81 bits per heavy atom. The summed E-state index contributed by atoms with van der Waals surface area (Å²) in [6.07, 6.45) is 3.99. The summed E-state index contributed by atoms with van der Waals surface area (Å²) in [6.45, 7) is 5.33. The Morgan fingerprint density at radius 1 is 1.38 bits per heavy atom. The van der Waals surface area contributed by atoms with Crippen molar-refractivity contribution in [3.8, 4) is 0 Å². The molecule has 0 N–H and O–H groups in total. The predicted octanol–water partition coefficient (Wildman–Crippen LogP) is 1.86. The molecule has 0 radical (unpaired) electrons. The fourth-order valence-corrected chi connectivity index (χ4v) is 3.21. The zero-order valence-corrected chi connectivity index (χ0v) is 13.5. The number of hydrogen-bond donors (Lipinski definition) is 0. The Labute approximate surface area is 129 Å². The van der Waals surface area contributed by atoms with Crippen molar-refractivity contribution in [3.63, 3.8) is 0 Å². The highest BCUT2D eigenvalue weighted by atomic mass is 35.5. The van der Waals surface area contributed by atoms with Crippen molar-refractivity contribution in [2.75, 3.05) is 38.6 Å². The largest absolute Gasteiger partial charge is 0.359 e. The number of likely N-dealkylation sites (tertiary alicyclic amines) is 1. The summed E-state index contributed by atoms with van der Waals surface area (Å²) < 4.78 is 1.77. The minimum Gasteiger partial charge on any atom is -0.359 e. The molecule has 1 fully saturated rings. The monoisotopic (exact) mass is 308 g/mol. The van der Waals surface area contributed by atoms with Crippen molar-refractivity contribution >= 4 is 23.2 Å². The van der Waals surface area contributed by atoms with E-state index in [0.29, 0.717) is 16.8 Å². The van der Waals surface area contributed by atoms with Crippen LogP contribution in [-0.2, 0) is 0 Å². The van der Waals surface area contributed by atoms with Gasteiger partial charge in [-0.25, -0.2) is 0 Å². The standard InChI is InChI=1S/C14H21ClN6/c1-10-12(15)18-14-16-9-17-21(14)13(10)20(3)8-11-4-6-19(2)7-5-11/h9,11H,4-8H2,1-3H3. The average Bonchev–Trinajstić information content (AvgIpc) is 2.90. The third kappa shape index (κ3) is 2.82. The fourth-order valence-electron chi connectivity index (χ4n) is 3.05. The van der Waals surface area contributed by atoms with Gasteiger partial charge >= 0.3 is 0 Å². The maximum absolute atomic E-state index is 6.23. The van der Waals surface area contributed by atoms with Gasteiger partial charge in [0, 0.05) is 19.2 Å². The quantitative estimate of drug-likeness (QED) is 0.810. The van der Waals surface area contributed by atoms with Crippen LogP contribution in [0.3, 0.4) is 0 Å². The molecule has 2 aromatic rings. The number of rotatable bonds is 3. The molecule has 0 amide bonds. The summed E-state index contributed by atoms with van der Waals surface area (Å²) >= 11 is 6.23. The predicted molar refractivity (Wildman–Crippen MR) is 84.0 cm³/mol. The van der Waals surface area contributed by atoms with Crippen molar-refractivity contribution < 1.29 is 0 Å². The van der Waals surface area contributed by atoms with Crippen LogP contribution < -0.4 is 4.90 Å². The number of anilines is 1. The number of halogens is 1. The Hall–Kier alpha value is -1.40. The Morgan fingerprint density at radius 2 is 2.10 bits per heavy atom. The van der Waals surface area contributed by atoms with Crippen molar-refractivity contribution in [2.45, 2.75) is 19.8 Å². The van der Waals surface area contributed by atoms with E-state index in [1.54, 1.807) is 4.52 Å². The second-order valence-electron chi connectivity index (χ2n) is 5.95. The van der Waals surface area contributed by atoms with Gasteiger partial charge in [0.15, 0.2) is 0 Å². The fraction of sp³-hybridized carbons (Fsp3) is 0.643. The van der Waals surface area contributed by atoms with Crippen molar-refractivity contribution in [1.82, 2.24) is 24.5 Å². The van der Waals surface area contributed by atoms with Gasteiger partial charge in [-0.2, -0.15) is 19.6 Å². The highest BCUT2D eigenvalue weighted by molar-refractivity contribution is 6.30. The van der Waals surface area contributed by atoms with Gasteiger partial charge in [0.2, 0.25) is 0 Å². The average molecular weight is 309 g/mol. The third-order valence-corrected chi connectivity index (χ3v) is 4.67. The zero-order valence-electron chi connectivity index (χ0n) is 12.8. The van der Waals surface area contributed by atoms with Gasteiger partial charge in [0.25, 0.3) is 5.78 Å². The number of piperidine rings is 1. The van der Waals surface area contributed by atoms with Crippen LogP contribution in [0, 0.1) is 12.8 Å². The maximum Gasteiger partial charge on any atom is 0.255 e. The van der Waals surface area contributed by atoms with Crippen LogP contribution >= 0.6 is 11.6 Å². The van der Waals surface area contributed by atoms with Crippen LogP contribution in [0.5, 0.6) is 0 Å². The molecule has 0 bridgehead atoms. The number of aromatic nitrogens is 4. The van der Waals surface area contributed by atoms with Crippen LogP contribution in [0.2, 0.25) is 5.15 Å². The summed E-state index contributed by atoms with van der Waals surface area (Å²) in [6, 6.07) is 0. The molecule has 0 atom stereocenters. The minimum atomic E-state index is 0.501. The molecule has 0 spiro atoms. The molecule has 0 aromatic carbocycles. The molecular weight excluding hydrogens is 288 g/mol. The lowest BCUT2D eigenvalue weighted by atomic mass is 9.96. The van der Waals surface area contributed by atoms with Crippen LogP contribution in [0.1, 0.15) is 18.4 Å². The highest BCUT2D eigenvalue weighted by Gasteiger charge is 2.21. The Balaban J connectivity index is 1.85. The molecule has 21 heavy (non-hydrogen) atoms. The summed E-state index contributed by atoms with van der Waals surface area (Å²) in [7, 11) is 4.28. The summed E-state index contributed by atoms with van der Waals surface area (Å²) in [5.41, 5.74) is 0.949. The van der Waals surface area contributed by atoms with E-state index in [0.717, 1.165) is 17.9 Å². The first-order valence-corrected chi connectivity index (χ1v) is 7.69. The molecule has 0 unspecified atom stereocenters. The Kier molecular flexibility index (Phi) is 3.99. The van der Waals surface area contributed by atoms with Crippen LogP contribution in [-0.4, -0.2) is 58.2 Å². The molecule has 6 nitrogen and oxygen atoms in total. The van der Waals surface area contributed by atoms with E-state index < -0.39 is 0 Å². The first-order chi connectivity index (χ1) is 10.1. The lowest BCUT2D eigenvalue weighted by Crippen LogP contribution is -2.36. The van der Waals surface area contributed by atoms with Gasteiger partial charge in [0.1, 0.15) is 17.3 Å². The van der Waals surface area contributed by atoms with E-state index in [4.69, 9.17) is 11.6 Å². The van der Waals surface area contributed by atoms with Crippen molar-refractivity contribution in [2.24, 2.45) is 5.92 Å². The highest BCUT2D eigenvalue weighted by Crippen LogP contribution is 2.27. The molecule has 1 aliphatic heterocycles. The van der Waals surface area contributed by atoms with E-state index in [1.807, 2.05) is 6.92 Å². The van der Waals surface area contributed by atoms with E-state index in [9.17, 15) is 0 Å². The molecule has 1 saturated heterocycles. The number of fused-ring (bicyclic) bond motifs is 1. The van der Waals surface area contributed by atoms with Gasteiger partial charge < -0.3 is 9.80 Å². The summed E-state index contributed by atoms with van der Waals surface area (Å²) in [5.74, 6) is 2.24. The van der Waals surface area contributed by atoms with Crippen LogP contribution in [0.4, 0.5) is 5.82 Å². The van der Waals surface area contributed by atoms with E-state index in [1.165, 1.54) is 32.3 Å². The molecule has 114 valence electrons. The molecule has 3 heterocycles. The summed E-state index contributed by atoms with van der Waals surface area (Å²) in [5, 5.41) is 4.78. The molecule has 2 aromatic heterocycles. The second-order valence-corrected chi connectivity index (χ2v) is 6.31. The summed E-state index contributed by atoms with van der Waals surface area (Å²) in [4.78, 5) is 13.0. The van der Waals surface area contributed by atoms with Gasteiger partial charge in [-0.05, 0) is 45.8 Å². The van der Waals surface area contributed by atoms with Crippen LogP contribution in [0.15, 0.2) is 6.33 Å². The lowest BCUT2D eigenvalue weighted by molar-refractivity contribution is 0.222. The molecule has 7 heteroatoms. The molecule has 3 rings (SSSR count). The van der Waals surface area contributed by atoms with Gasteiger partial charge in [0.05, 0.1) is 0 Å². The van der Waals surface area contributed by atoms with Gasteiger partial charge in [-0.1, -0.05) is 11.6 Å².